The Morgan fingerprint density at radius 2 is 1.76 bits per heavy atom. The molecule has 13 heteroatoms. The summed E-state index contributed by atoms with van der Waals surface area (Å²) in [6, 6.07) is 12.8. The molecule has 0 bridgehead atoms. The van der Waals surface area contributed by atoms with E-state index in [1.54, 1.807) is 37.3 Å². The minimum atomic E-state index is -4.73. The van der Waals surface area contributed by atoms with Gasteiger partial charge in [-0.3, -0.25) is 14.0 Å². The summed E-state index contributed by atoms with van der Waals surface area (Å²) >= 11 is 6.27. The monoisotopic (exact) mass is 662 g/mol. The van der Waals surface area contributed by atoms with Crippen molar-refractivity contribution in [1.29, 1.82) is 0 Å². The number of fused-ring (bicyclic) bond motifs is 3. The number of carbonyl (C=O) groups is 1. The highest BCUT2D eigenvalue weighted by atomic mass is 35.5. The number of carbonyl (C=O) groups excluding carboxylic acids is 1. The average molecular weight is 663 g/mol. The molecule has 45 heavy (non-hydrogen) atoms. The average Bonchev–Trinajstić information content (AvgIpc) is 2.95. The Kier molecular flexibility index (Phi) is 7.90. The molecular weight excluding hydrogens is 632 g/mol. The molecule has 1 saturated heterocycles. The molecule has 0 radical (unpaired) electrons. The molecule has 0 spiro atoms. The van der Waals surface area contributed by atoms with Gasteiger partial charge in [-0.1, -0.05) is 35.9 Å². The molecule has 3 aromatic carbocycles. The van der Waals surface area contributed by atoms with E-state index in [2.05, 4.69) is 4.90 Å². The summed E-state index contributed by atoms with van der Waals surface area (Å²) in [5.41, 5.74) is 6.09. The first kappa shape index (κ1) is 31.4. The molecule has 2 aliphatic heterocycles. The number of primary amides is 1. The highest BCUT2D eigenvalue weighted by Crippen LogP contribution is 2.44. The van der Waals surface area contributed by atoms with Crippen molar-refractivity contribution in [1.82, 2.24) is 4.90 Å². The van der Waals surface area contributed by atoms with Gasteiger partial charge in [0.2, 0.25) is 5.91 Å². The molecule has 2 heterocycles. The Labute approximate surface area is 263 Å². The SMILES string of the molecule is CC(=Cc1ccc2c(c1)N(S(=O)(=O)c1cccc(C(F)(F)F)c1)CC1CN(C3(C(N)=O)CCC3)CCN21)c1c(F)cccc1Cl. The Morgan fingerprint density at radius 3 is 2.40 bits per heavy atom. The number of allylic oxidation sites excluding steroid dienone is 1. The van der Waals surface area contributed by atoms with Crippen LogP contribution in [0.25, 0.3) is 11.6 Å². The number of alkyl halides is 3. The number of hydrogen-bond donors (Lipinski definition) is 1. The zero-order valence-electron chi connectivity index (χ0n) is 24.3. The van der Waals surface area contributed by atoms with Crippen molar-refractivity contribution in [2.45, 2.75) is 48.8 Å². The second-order valence-electron chi connectivity index (χ2n) is 11.8. The molecule has 3 aliphatic rings. The van der Waals surface area contributed by atoms with Gasteiger partial charge in [-0.05, 0) is 79.8 Å². The minimum Gasteiger partial charge on any atom is -0.368 e. The maximum atomic E-state index is 14.6. The van der Waals surface area contributed by atoms with Crippen LogP contribution in [-0.2, 0) is 21.0 Å². The van der Waals surface area contributed by atoms with E-state index in [4.69, 9.17) is 17.3 Å². The second-order valence-corrected chi connectivity index (χ2v) is 14.0. The molecule has 3 aromatic rings. The van der Waals surface area contributed by atoms with Crippen LogP contribution >= 0.6 is 11.6 Å². The van der Waals surface area contributed by atoms with Crippen LogP contribution in [0.4, 0.5) is 28.9 Å². The first-order valence-electron chi connectivity index (χ1n) is 14.5. The maximum absolute atomic E-state index is 14.6. The molecule has 2 fully saturated rings. The number of nitrogens with two attached hydrogens (primary N) is 1. The van der Waals surface area contributed by atoms with Crippen molar-refractivity contribution in [2.75, 3.05) is 35.4 Å². The van der Waals surface area contributed by atoms with Crippen LogP contribution < -0.4 is 14.9 Å². The highest BCUT2D eigenvalue weighted by molar-refractivity contribution is 7.92. The van der Waals surface area contributed by atoms with Gasteiger partial charge in [-0.2, -0.15) is 13.2 Å². The zero-order valence-corrected chi connectivity index (χ0v) is 25.9. The van der Waals surface area contributed by atoms with Crippen molar-refractivity contribution < 1.29 is 30.8 Å². The first-order chi connectivity index (χ1) is 21.2. The lowest BCUT2D eigenvalue weighted by Gasteiger charge is -2.55. The summed E-state index contributed by atoms with van der Waals surface area (Å²) in [6.07, 6.45) is -0.948. The molecule has 1 aliphatic carbocycles. The summed E-state index contributed by atoms with van der Waals surface area (Å²) in [6.45, 7) is 2.99. The molecule has 7 nitrogen and oxygen atoms in total. The van der Waals surface area contributed by atoms with Gasteiger partial charge in [-0.15, -0.1) is 0 Å². The lowest BCUT2D eigenvalue weighted by molar-refractivity contribution is -0.138. The lowest BCUT2D eigenvalue weighted by atomic mass is 9.74. The normalized spacial score (nSPS) is 20.3. The van der Waals surface area contributed by atoms with Gasteiger partial charge in [0.15, 0.2) is 0 Å². The summed E-state index contributed by atoms with van der Waals surface area (Å²) in [5, 5.41) is 0.219. The summed E-state index contributed by atoms with van der Waals surface area (Å²) in [5.74, 6) is -0.919. The number of halogens is 5. The van der Waals surface area contributed by atoms with Gasteiger partial charge in [-0.25, -0.2) is 12.8 Å². The number of benzene rings is 3. The largest absolute Gasteiger partial charge is 0.416 e. The van der Waals surface area contributed by atoms with E-state index in [1.807, 2.05) is 4.90 Å². The third-order valence-corrected chi connectivity index (χ3v) is 11.3. The fourth-order valence-electron chi connectivity index (χ4n) is 6.69. The van der Waals surface area contributed by atoms with Crippen LogP contribution in [0, 0.1) is 5.82 Å². The van der Waals surface area contributed by atoms with Crippen molar-refractivity contribution in [3.8, 4) is 0 Å². The van der Waals surface area contributed by atoms with Crippen molar-refractivity contribution >= 4 is 50.6 Å². The molecular formula is C32H31ClF4N4O3S. The van der Waals surface area contributed by atoms with E-state index < -0.39 is 50.0 Å². The highest BCUT2D eigenvalue weighted by Gasteiger charge is 2.51. The number of hydrogen-bond acceptors (Lipinski definition) is 5. The third kappa shape index (κ3) is 5.46. The van der Waals surface area contributed by atoms with Gasteiger partial charge >= 0.3 is 6.18 Å². The number of anilines is 2. The topological polar surface area (TPSA) is 87.0 Å². The molecule has 1 amide bonds. The molecule has 2 N–H and O–H groups in total. The van der Waals surface area contributed by atoms with E-state index in [9.17, 15) is 30.8 Å². The van der Waals surface area contributed by atoms with E-state index >= 15 is 0 Å². The Morgan fingerprint density at radius 1 is 1.02 bits per heavy atom. The maximum Gasteiger partial charge on any atom is 0.416 e. The zero-order chi connectivity index (χ0) is 32.3. The first-order valence-corrected chi connectivity index (χ1v) is 16.3. The Bertz CT molecular complexity index is 1790. The minimum absolute atomic E-state index is 0.0672. The van der Waals surface area contributed by atoms with Gasteiger partial charge in [0.05, 0.1) is 39.4 Å². The Balaban J connectivity index is 1.44. The summed E-state index contributed by atoms with van der Waals surface area (Å²) in [4.78, 5) is 16.1. The van der Waals surface area contributed by atoms with Gasteiger partial charge in [0, 0.05) is 25.2 Å². The fourth-order valence-corrected chi connectivity index (χ4v) is 8.56. The van der Waals surface area contributed by atoms with E-state index in [0.29, 0.717) is 55.4 Å². The number of nitrogens with zero attached hydrogens (tertiary/aromatic N) is 3. The summed E-state index contributed by atoms with van der Waals surface area (Å²) < 4.78 is 84.9. The van der Waals surface area contributed by atoms with Crippen molar-refractivity contribution in [3.05, 3.63) is 88.2 Å². The molecule has 6 rings (SSSR count). The van der Waals surface area contributed by atoms with Crippen LogP contribution in [0.2, 0.25) is 5.02 Å². The predicted octanol–water partition coefficient (Wildman–Crippen LogP) is 6.17. The summed E-state index contributed by atoms with van der Waals surface area (Å²) in [7, 11) is -4.49. The van der Waals surface area contributed by atoms with Gasteiger partial charge in [0.1, 0.15) is 11.4 Å². The van der Waals surface area contributed by atoms with Gasteiger partial charge in [0.25, 0.3) is 10.0 Å². The quantitative estimate of drug-likeness (QED) is 0.252. The molecule has 1 atom stereocenters. The van der Waals surface area contributed by atoms with Crippen LogP contribution in [0.5, 0.6) is 0 Å². The van der Waals surface area contributed by atoms with Gasteiger partial charge < -0.3 is 10.6 Å². The predicted molar refractivity (Wildman–Crippen MR) is 166 cm³/mol. The Hall–Kier alpha value is -3.61. The lowest BCUT2D eigenvalue weighted by Crippen LogP contribution is -2.70. The number of amides is 1. The van der Waals surface area contributed by atoms with Crippen LogP contribution in [0.3, 0.4) is 0 Å². The fraction of sp³-hybridized carbons (Fsp3) is 0.344. The van der Waals surface area contributed by atoms with E-state index in [-0.39, 0.29) is 22.8 Å². The van der Waals surface area contributed by atoms with E-state index in [0.717, 1.165) is 28.9 Å². The molecule has 1 saturated carbocycles. The standard InChI is InChI=1S/C32H31ClF4N4O3S/c1-20(29-25(33)7-3-8-26(29)34)15-21-9-10-27-28(16-21)41(45(43,44)24-6-2-5-22(17-24)32(35,36)37)19-23-18-39(13-14-40(23)27)31(30(38)42)11-4-12-31/h2-3,5-10,15-17,23H,4,11-14,18-19H2,1H3,(H2,38,42). The molecule has 1 unspecified atom stereocenters. The van der Waals surface area contributed by atoms with Crippen LogP contribution in [0.15, 0.2) is 65.6 Å². The molecule has 238 valence electrons. The number of rotatable bonds is 6. The van der Waals surface area contributed by atoms with E-state index in [1.165, 1.54) is 12.1 Å². The van der Waals surface area contributed by atoms with Crippen molar-refractivity contribution in [2.24, 2.45) is 5.73 Å². The number of piperazine rings is 1. The number of sulfonamides is 1. The van der Waals surface area contributed by atoms with Crippen LogP contribution in [-0.4, -0.2) is 57.0 Å². The third-order valence-electron chi connectivity index (χ3n) is 9.17. The molecule has 0 aromatic heterocycles. The smallest absolute Gasteiger partial charge is 0.368 e. The van der Waals surface area contributed by atoms with Crippen molar-refractivity contribution in [3.63, 3.8) is 0 Å². The second kappa shape index (κ2) is 11.3. The van der Waals surface area contributed by atoms with Crippen LogP contribution in [0.1, 0.15) is 42.9 Å².